The number of rotatable bonds is 8. The first-order valence-corrected chi connectivity index (χ1v) is 13.2. The second-order valence-corrected chi connectivity index (χ2v) is 9.93. The quantitative estimate of drug-likeness (QED) is 0.227. The maximum atomic E-state index is 13.8. The molecule has 0 atom stereocenters. The fourth-order valence-corrected chi connectivity index (χ4v) is 4.55. The van der Waals surface area contributed by atoms with Crippen molar-refractivity contribution < 1.29 is 18.7 Å². The summed E-state index contributed by atoms with van der Waals surface area (Å²) in [5.41, 5.74) is 0.773. The molecule has 8 nitrogen and oxygen atoms in total. The Labute approximate surface area is 238 Å². The van der Waals surface area contributed by atoms with Crippen LogP contribution in [-0.4, -0.2) is 35.5 Å². The van der Waals surface area contributed by atoms with Gasteiger partial charge in [0.05, 0.1) is 29.9 Å². The first-order chi connectivity index (χ1) is 18.2. The van der Waals surface area contributed by atoms with Gasteiger partial charge in [0.15, 0.2) is 18.1 Å². The number of methoxy groups -OCH3 is 1. The molecule has 38 heavy (non-hydrogen) atoms. The molecule has 12 heteroatoms. The Kier molecular flexibility index (Phi) is 8.80. The van der Waals surface area contributed by atoms with Crippen LogP contribution in [-0.2, 0) is 11.2 Å². The van der Waals surface area contributed by atoms with Gasteiger partial charge in [0.2, 0.25) is 0 Å². The molecule has 0 bridgehead atoms. The Morgan fingerprint density at radius 2 is 2.00 bits per heavy atom. The van der Waals surface area contributed by atoms with Crippen LogP contribution in [0.3, 0.4) is 0 Å². The molecule has 0 aliphatic heterocycles. The molecule has 0 saturated heterocycles. The number of ether oxygens (including phenoxy) is 2. The van der Waals surface area contributed by atoms with Gasteiger partial charge in [0, 0.05) is 20.9 Å². The van der Waals surface area contributed by atoms with E-state index in [2.05, 4.69) is 47.3 Å². The van der Waals surface area contributed by atoms with Gasteiger partial charge in [0.1, 0.15) is 16.7 Å². The zero-order chi connectivity index (χ0) is 27.4. The van der Waals surface area contributed by atoms with E-state index in [9.17, 15) is 14.0 Å². The molecule has 196 valence electrons. The van der Waals surface area contributed by atoms with Crippen LogP contribution in [0.2, 0.25) is 5.02 Å². The van der Waals surface area contributed by atoms with E-state index < -0.39 is 18.3 Å². The maximum absolute atomic E-state index is 13.8. The zero-order valence-corrected chi connectivity index (χ0v) is 24.0. The average Bonchev–Trinajstić information content (AvgIpc) is 2.91. The molecule has 0 saturated carbocycles. The molecule has 0 aliphatic rings. The van der Waals surface area contributed by atoms with E-state index in [1.807, 2.05) is 13.0 Å². The lowest BCUT2D eigenvalue weighted by atomic mass is 10.2. The SMILES string of the molecule is CCc1nc2ccc(Br)cc2c(=O)n1N=Cc1cc(OC)c(OCC(=O)Nc2ccccc2F)c(Cl)c1Br. The number of hydrogen-bond acceptors (Lipinski definition) is 6. The zero-order valence-electron chi connectivity index (χ0n) is 20.1. The molecule has 0 unspecified atom stereocenters. The molecule has 0 aliphatic carbocycles. The molecule has 0 fully saturated rings. The highest BCUT2D eigenvalue weighted by atomic mass is 79.9. The van der Waals surface area contributed by atoms with Crippen LogP contribution in [0.1, 0.15) is 18.3 Å². The standard InChI is InChI=1S/C26H20Br2ClFN4O4/c1-3-21-32-18-9-8-15(27)11-16(18)26(36)34(21)31-12-14-10-20(37-2)25(24(29)23(14)28)38-13-22(35)33-19-7-5-4-6-17(19)30/h4-12H,3,13H2,1-2H3,(H,33,35). The number of nitrogens with one attached hydrogen (secondary N) is 1. The third-order valence-corrected chi connectivity index (χ3v) is 7.31. The Balaban J connectivity index is 1.62. The fourth-order valence-electron chi connectivity index (χ4n) is 3.53. The Morgan fingerprint density at radius 1 is 1.24 bits per heavy atom. The predicted octanol–water partition coefficient (Wildman–Crippen LogP) is 6.18. The number of carbonyl (C=O) groups is 1. The summed E-state index contributed by atoms with van der Waals surface area (Å²) in [6, 6.07) is 12.7. The molecule has 4 rings (SSSR count). The minimum absolute atomic E-state index is 0.0316. The summed E-state index contributed by atoms with van der Waals surface area (Å²) in [7, 11) is 1.41. The summed E-state index contributed by atoms with van der Waals surface area (Å²) in [6.45, 7) is 1.43. The third kappa shape index (κ3) is 5.90. The molecule has 3 aromatic carbocycles. The van der Waals surface area contributed by atoms with E-state index in [4.69, 9.17) is 21.1 Å². The van der Waals surface area contributed by atoms with Gasteiger partial charge in [-0.15, -0.1) is 0 Å². The van der Waals surface area contributed by atoms with Crippen LogP contribution in [0.4, 0.5) is 10.1 Å². The van der Waals surface area contributed by atoms with Gasteiger partial charge in [-0.05, 0) is 52.3 Å². The summed E-state index contributed by atoms with van der Waals surface area (Å²) in [5, 5.41) is 7.35. The first kappa shape index (κ1) is 27.7. The summed E-state index contributed by atoms with van der Waals surface area (Å²) < 4.78 is 27.2. The van der Waals surface area contributed by atoms with Crippen molar-refractivity contribution in [2.75, 3.05) is 19.0 Å². The van der Waals surface area contributed by atoms with Gasteiger partial charge in [-0.3, -0.25) is 9.59 Å². The number of anilines is 1. The fraction of sp³-hybridized carbons (Fsp3) is 0.154. The Morgan fingerprint density at radius 3 is 2.71 bits per heavy atom. The van der Waals surface area contributed by atoms with Crippen LogP contribution in [0.25, 0.3) is 10.9 Å². The second-order valence-electron chi connectivity index (χ2n) is 7.85. The van der Waals surface area contributed by atoms with Crippen molar-refractivity contribution in [3.05, 3.63) is 90.1 Å². The number of benzene rings is 3. The van der Waals surface area contributed by atoms with Crippen molar-refractivity contribution in [2.24, 2.45) is 5.10 Å². The monoisotopic (exact) mass is 664 g/mol. The van der Waals surface area contributed by atoms with Gasteiger partial charge in [-0.25, -0.2) is 9.37 Å². The summed E-state index contributed by atoms with van der Waals surface area (Å²) in [4.78, 5) is 30.0. The number of para-hydroxylation sites is 1. The molecular weight excluding hydrogens is 647 g/mol. The van der Waals surface area contributed by atoms with Crippen LogP contribution < -0.4 is 20.3 Å². The third-order valence-electron chi connectivity index (χ3n) is 5.38. The maximum Gasteiger partial charge on any atom is 0.282 e. The summed E-state index contributed by atoms with van der Waals surface area (Å²) in [6.07, 6.45) is 1.92. The molecule has 1 amide bonds. The van der Waals surface area contributed by atoms with E-state index in [1.54, 1.807) is 24.3 Å². The highest BCUT2D eigenvalue weighted by Crippen LogP contribution is 2.42. The van der Waals surface area contributed by atoms with Gasteiger partial charge in [-0.2, -0.15) is 9.78 Å². The minimum Gasteiger partial charge on any atom is -0.493 e. The largest absolute Gasteiger partial charge is 0.493 e. The van der Waals surface area contributed by atoms with Crippen molar-refractivity contribution in [1.29, 1.82) is 0 Å². The number of amides is 1. The molecular formula is C26H20Br2ClFN4O4. The smallest absolute Gasteiger partial charge is 0.282 e. The number of halogens is 4. The van der Waals surface area contributed by atoms with Crippen molar-refractivity contribution in [3.63, 3.8) is 0 Å². The van der Waals surface area contributed by atoms with Gasteiger partial charge < -0.3 is 14.8 Å². The van der Waals surface area contributed by atoms with E-state index in [1.165, 1.54) is 36.2 Å². The van der Waals surface area contributed by atoms with Gasteiger partial charge in [-0.1, -0.05) is 46.6 Å². The molecule has 1 heterocycles. The number of hydrogen-bond donors (Lipinski definition) is 1. The van der Waals surface area contributed by atoms with E-state index >= 15 is 0 Å². The average molecular weight is 667 g/mol. The van der Waals surface area contributed by atoms with Crippen LogP contribution >= 0.6 is 43.5 Å². The Hall–Kier alpha value is -3.28. The van der Waals surface area contributed by atoms with E-state index in [0.717, 1.165) is 4.47 Å². The van der Waals surface area contributed by atoms with Gasteiger partial charge >= 0.3 is 0 Å². The Bertz CT molecular complexity index is 1630. The number of aromatic nitrogens is 2. The first-order valence-electron chi connectivity index (χ1n) is 11.2. The van der Waals surface area contributed by atoms with E-state index in [-0.39, 0.29) is 27.8 Å². The van der Waals surface area contributed by atoms with Crippen molar-refractivity contribution >= 4 is 72.2 Å². The van der Waals surface area contributed by atoms with Crippen LogP contribution in [0, 0.1) is 5.82 Å². The highest BCUT2D eigenvalue weighted by Gasteiger charge is 2.19. The van der Waals surface area contributed by atoms with Gasteiger partial charge in [0.25, 0.3) is 11.5 Å². The van der Waals surface area contributed by atoms with Crippen LogP contribution in [0.15, 0.2) is 67.4 Å². The normalized spacial score (nSPS) is 11.2. The second kappa shape index (κ2) is 12.1. The molecule has 1 aromatic heterocycles. The van der Waals surface area contributed by atoms with Crippen molar-refractivity contribution in [2.45, 2.75) is 13.3 Å². The molecule has 0 radical (unpaired) electrons. The van der Waals surface area contributed by atoms with Crippen molar-refractivity contribution in [1.82, 2.24) is 9.66 Å². The number of fused-ring (bicyclic) bond motifs is 1. The molecule has 0 spiro atoms. The molecule has 4 aromatic rings. The molecule has 1 N–H and O–H groups in total. The summed E-state index contributed by atoms with van der Waals surface area (Å²) >= 11 is 13.3. The lowest BCUT2D eigenvalue weighted by Crippen LogP contribution is -2.22. The topological polar surface area (TPSA) is 94.8 Å². The predicted molar refractivity (Wildman–Crippen MR) is 152 cm³/mol. The highest BCUT2D eigenvalue weighted by molar-refractivity contribution is 9.10. The lowest BCUT2D eigenvalue weighted by molar-refractivity contribution is -0.118. The van der Waals surface area contributed by atoms with E-state index in [0.29, 0.717) is 33.2 Å². The van der Waals surface area contributed by atoms with Crippen molar-refractivity contribution in [3.8, 4) is 11.5 Å². The lowest BCUT2D eigenvalue weighted by Gasteiger charge is -2.15. The number of nitrogens with zero attached hydrogens (tertiary/aromatic N) is 3. The summed E-state index contributed by atoms with van der Waals surface area (Å²) in [5.74, 6) is -0.345. The number of carbonyl (C=O) groups excluding carboxylic acids is 1. The minimum atomic E-state index is -0.586. The number of aryl methyl sites for hydroxylation is 1. The van der Waals surface area contributed by atoms with Crippen LogP contribution in [0.5, 0.6) is 11.5 Å².